The number of carbonyl (C=O) groups excluding carboxylic acids is 1. The monoisotopic (exact) mass is 368 g/mol. The van der Waals surface area contributed by atoms with E-state index in [2.05, 4.69) is 10.6 Å². The predicted octanol–water partition coefficient (Wildman–Crippen LogP) is 5.09. The maximum atomic E-state index is 12.6. The average Bonchev–Trinajstić information content (AvgIpc) is 2.97. The summed E-state index contributed by atoms with van der Waals surface area (Å²) in [7, 11) is 3.13. The molecule has 0 atom stereocenters. The Kier molecular flexibility index (Phi) is 6.58. The highest BCUT2D eigenvalue weighted by Crippen LogP contribution is 2.24. The molecule has 5 heteroatoms. The Morgan fingerprint density at radius 2 is 1.41 bits per heavy atom. The molecule has 144 valence electrons. The third-order valence-corrected chi connectivity index (χ3v) is 4.98. The fourth-order valence-corrected chi connectivity index (χ4v) is 3.45. The van der Waals surface area contributed by atoms with Crippen molar-refractivity contribution in [1.29, 1.82) is 0 Å². The lowest BCUT2D eigenvalue weighted by Gasteiger charge is -2.18. The van der Waals surface area contributed by atoms with E-state index in [0.29, 0.717) is 23.1 Å². The molecule has 2 aromatic rings. The van der Waals surface area contributed by atoms with Gasteiger partial charge in [0.15, 0.2) is 0 Å². The Morgan fingerprint density at radius 3 is 1.96 bits per heavy atom. The number of ether oxygens (including phenoxy) is 2. The van der Waals surface area contributed by atoms with Gasteiger partial charge < -0.3 is 20.1 Å². The van der Waals surface area contributed by atoms with Crippen LogP contribution in [0.5, 0.6) is 11.5 Å². The lowest BCUT2D eigenvalue weighted by molar-refractivity contribution is 0.102. The Labute approximate surface area is 161 Å². The highest BCUT2D eigenvalue weighted by Gasteiger charge is 2.13. The fraction of sp³-hybridized carbons (Fsp3) is 0.409. The Morgan fingerprint density at radius 1 is 0.852 bits per heavy atom. The van der Waals surface area contributed by atoms with Crippen LogP contribution in [0.2, 0.25) is 0 Å². The van der Waals surface area contributed by atoms with Crippen molar-refractivity contribution in [2.45, 2.75) is 44.6 Å². The van der Waals surface area contributed by atoms with E-state index in [-0.39, 0.29) is 5.91 Å². The van der Waals surface area contributed by atoms with Crippen molar-refractivity contribution >= 4 is 17.3 Å². The van der Waals surface area contributed by atoms with Crippen LogP contribution < -0.4 is 20.1 Å². The van der Waals surface area contributed by atoms with Gasteiger partial charge in [0, 0.05) is 29.0 Å². The van der Waals surface area contributed by atoms with Crippen molar-refractivity contribution in [3.05, 3.63) is 48.0 Å². The molecule has 0 saturated heterocycles. The minimum absolute atomic E-state index is 0.198. The Hall–Kier alpha value is -2.69. The lowest BCUT2D eigenvalue weighted by atomic mass is 10.1. The maximum absolute atomic E-state index is 12.6. The van der Waals surface area contributed by atoms with Crippen molar-refractivity contribution in [1.82, 2.24) is 0 Å². The van der Waals surface area contributed by atoms with Gasteiger partial charge in [-0.1, -0.05) is 25.7 Å². The predicted molar refractivity (Wildman–Crippen MR) is 109 cm³/mol. The summed E-state index contributed by atoms with van der Waals surface area (Å²) in [5.74, 6) is 0.974. The average molecular weight is 368 g/mol. The zero-order valence-electron chi connectivity index (χ0n) is 16.1. The molecular weight excluding hydrogens is 340 g/mol. The molecule has 0 unspecified atom stereocenters. The number of anilines is 2. The first kappa shape index (κ1) is 19.1. The van der Waals surface area contributed by atoms with Crippen LogP contribution in [0.3, 0.4) is 0 Å². The minimum Gasteiger partial charge on any atom is -0.497 e. The number of methoxy groups -OCH3 is 2. The summed E-state index contributed by atoms with van der Waals surface area (Å²) >= 11 is 0. The van der Waals surface area contributed by atoms with Gasteiger partial charge in [-0.05, 0) is 49.2 Å². The van der Waals surface area contributed by atoms with Crippen molar-refractivity contribution < 1.29 is 14.3 Å². The van der Waals surface area contributed by atoms with E-state index in [4.69, 9.17) is 9.47 Å². The SMILES string of the molecule is COc1cc(OC)cc(C(=O)Nc2ccc(NC3CCCCCC3)cc2)c1. The molecule has 0 aromatic heterocycles. The molecule has 5 nitrogen and oxygen atoms in total. The number of carbonyl (C=O) groups is 1. The first-order chi connectivity index (χ1) is 13.2. The summed E-state index contributed by atoms with van der Waals surface area (Å²) in [6.07, 6.45) is 7.76. The van der Waals surface area contributed by atoms with Crippen LogP contribution >= 0.6 is 0 Å². The molecule has 0 radical (unpaired) electrons. The highest BCUT2D eigenvalue weighted by atomic mass is 16.5. The van der Waals surface area contributed by atoms with Crippen LogP contribution in [0.1, 0.15) is 48.9 Å². The molecule has 0 spiro atoms. The van der Waals surface area contributed by atoms with Gasteiger partial charge in [-0.15, -0.1) is 0 Å². The van der Waals surface area contributed by atoms with E-state index in [0.717, 1.165) is 11.4 Å². The zero-order chi connectivity index (χ0) is 19.1. The van der Waals surface area contributed by atoms with E-state index in [1.54, 1.807) is 32.4 Å². The van der Waals surface area contributed by atoms with Crippen LogP contribution in [0.25, 0.3) is 0 Å². The standard InChI is InChI=1S/C22H28N2O3/c1-26-20-13-16(14-21(15-20)27-2)22(25)24-19-11-9-18(10-12-19)23-17-7-5-3-4-6-8-17/h9-15,17,23H,3-8H2,1-2H3,(H,24,25). The van der Waals surface area contributed by atoms with Crippen LogP contribution in [-0.4, -0.2) is 26.2 Å². The second-order valence-corrected chi connectivity index (χ2v) is 6.97. The Balaban J connectivity index is 1.63. The van der Waals surface area contributed by atoms with Crippen LogP contribution in [0, 0.1) is 0 Å². The van der Waals surface area contributed by atoms with E-state index in [1.807, 2.05) is 24.3 Å². The number of hydrogen-bond donors (Lipinski definition) is 2. The second kappa shape index (κ2) is 9.31. The lowest BCUT2D eigenvalue weighted by Crippen LogP contribution is -2.18. The summed E-state index contributed by atoms with van der Waals surface area (Å²) in [5.41, 5.74) is 2.35. The molecule has 2 N–H and O–H groups in total. The molecular formula is C22H28N2O3. The van der Waals surface area contributed by atoms with Crippen LogP contribution in [0.4, 0.5) is 11.4 Å². The largest absolute Gasteiger partial charge is 0.497 e. The van der Waals surface area contributed by atoms with Gasteiger partial charge in [0.1, 0.15) is 11.5 Å². The summed E-state index contributed by atoms with van der Waals surface area (Å²) in [5, 5.41) is 6.54. The highest BCUT2D eigenvalue weighted by molar-refractivity contribution is 6.04. The minimum atomic E-state index is -0.198. The molecule has 0 aliphatic heterocycles. The van der Waals surface area contributed by atoms with E-state index >= 15 is 0 Å². The molecule has 1 aliphatic rings. The number of benzene rings is 2. The fourth-order valence-electron chi connectivity index (χ4n) is 3.45. The molecule has 2 aromatic carbocycles. The smallest absolute Gasteiger partial charge is 0.255 e. The van der Waals surface area contributed by atoms with Gasteiger partial charge in [-0.2, -0.15) is 0 Å². The topological polar surface area (TPSA) is 59.6 Å². The van der Waals surface area contributed by atoms with Crippen molar-refractivity contribution in [2.24, 2.45) is 0 Å². The Bertz CT molecular complexity index is 728. The normalized spacial score (nSPS) is 14.9. The summed E-state index contributed by atoms with van der Waals surface area (Å²) in [6, 6.07) is 13.6. The van der Waals surface area contributed by atoms with Crippen molar-refractivity contribution in [3.8, 4) is 11.5 Å². The zero-order valence-corrected chi connectivity index (χ0v) is 16.1. The van der Waals surface area contributed by atoms with E-state index < -0.39 is 0 Å². The molecule has 0 bridgehead atoms. The third kappa shape index (κ3) is 5.39. The maximum Gasteiger partial charge on any atom is 0.255 e. The first-order valence-corrected chi connectivity index (χ1v) is 9.59. The van der Waals surface area contributed by atoms with Gasteiger partial charge in [0.05, 0.1) is 14.2 Å². The summed E-state index contributed by atoms with van der Waals surface area (Å²) < 4.78 is 10.5. The number of rotatable bonds is 6. The van der Waals surface area contributed by atoms with Crippen LogP contribution in [0.15, 0.2) is 42.5 Å². The number of hydrogen-bond acceptors (Lipinski definition) is 4. The molecule has 1 fully saturated rings. The quantitative estimate of drug-likeness (QED) is 0.697. The molecule has 0 heterocycles. The van der Waals surface area contributed by atoms with Crippen LogP contribution in [-0.2, 0) is 0 Å². The van der Waals surface area contributed by atoms with Gasteiger partial charge >= 0.3 is 0 Å². The van der Waals surface area contributed by atoms with E-state index in [1.165, 1.54) is 38.5 Å². The third-order valence-electron chi connectivity index (χ3n) is 4.98. The number of nitrogens with one attached hydrogen (secondary N) is 2. The van der Waals surface area contributed by atoms with Gasteiger partial charge in [-0.25, -0.2) is 0 Å². The summed E-state index contributed by atoms with van der Waals surface area (Å²) in [6.45, 7) is 0. The molecule has 27 heavy (non-hydrogen) atoms. The molecule has 1 amide bonds. The first-order valence-electron chi connectivity index (χ1n) is 9.59. The van der Waals surface area contributed by atoms with Crippen molar-refractivity contribution in [3.63, 3.8) is 0 Å². The van der Waals surface area contributed by atoms with Gasteiger partial charge in [0.2, 0.25) is 0 Å². The van der Waals surface area contributed by atoms with Crippen molar-refractivity contribution in [2.75, 3.05) is 24.9 Å². The van der Waals surface area contributed by atoms with E-state index in [9.17, 15) is 4.79 Å². The second-order valence-electron chi connectivity index (χ2n) is 6.97. The summed E-state index contributed by atoms with van der Waals surface area (Å²) in [4.78, 5) is 12.6. The molecule has 3 rings (SSSR count). The number of amides is 1. The molecule has 1 aliphatic carbocycles. The molecule has 1 saturated carbocycles. The van der Waals surface area contributed by atoms with Gasteiger partial charge in [0.25, 0.3) is 5.91 Å². The van der Waals surface area contributed by atoms with Gasteiger partial charge in [-0.3, -0.25) is 4.79 Å².